The SMILES string of the molecule is COc1ccccc1CC(=O)Nc1cc(NC(=O)C(C)C)ccc1C. The quantitative estimate of drug-likeness (QED) is 0.841. The van der Waals surface area contributed by atoms with Crippen LogP contribution in [0.5, 0.6) is 5.75 Å². The highest BCUT2D eigenvalue weighted by Gasteiger charge is 2.12. The maximum absolute atomic E-state index is 12.4. The molecule has 0 spiro atoms. The molecule has 2 aromatic carbocycles. The van der Waals surface area contributed by atoms with Gasteiger partial charge in [0.05, 0.1) is 13.5 Å². The Morgan fingerprint density at radius 2 is 1.80 bits per heavy atom. The fourth-order valence-corrected chi connectivity index (χ4v) is 2.34. The standard InChI is InChI=1S/C20H24N2O3/c1-13(2)20(24)21-16-10-9-14(3)17(12-16)22-19(23)11-15-7-5-6-8-18(15)25-4/h5-10,12-13H,11H2,1-4H3,(H,21,24)(H,22,23). The number of carbonyl (C=O) groups is 2. The van der Waals surface area contributed by atoms with Gasteiger partial charge in [0.1, 0.15) is 5.75 Å². The van der Waals surface area contributed by atoms with Crippen molar-refractivity contribution in [3.63, 3.8) is 0 Å². The minimum Gasteiger partial charge on any atom is -0.496 e. The maximum Gasteiger partial charge on any atom is 0.228 e. The zero-order valence-corrected chi connectivity index (χ0v) is 15.1. The first-order valence-electron chi connectivity index (χ1n) is 8.24. The molecule has 0 fully saturated rings. The molecule has 0 aliphatic rings. The zero-order chi connectivity index (χ0) is 18.4. The minimum absolute atomic E-state index is 0.0600. The third kappa shape index (κ3) is 5.08. The summed E-state index contributed by atoms with van der Waals surface area (Å²) in [6.45, 7) is 5.58. The number of ether oxygens (including phenoxy) is 1. The first-order valence-corrected chi connectivity index (χ1v) is 8.24. The van der Waals surface area contributed by atoms with Gasteiger partial charge in [0, 0.05) is 22.9 Å². The van der Waals surface area contributed by atoms with E-state index >= 15 is 0 Å². The van der Waals surface area contributed by atoms with Crippen molar-refractivity contribution >= 4 is 23.2 Å². The Balaban J connectivity index is 2.11. The van der Waals surface area contributed by atoms with E-state index in [0.717, 1.165) is 11.1 Å². The van der Waals surface area contributed by atoms with Crippen LogP contribution in [0.4, 0.5) is 11.4 Å². The first-order chi connectivity index (χ1) is 11.9. The summed E-state index contributed by atoms with van der Waals surface area (Å²) in [6.07, 6.45) is 0.214. The highest BCUT2D eigenvalue weighted by atomic mass is 16.5. The molecule has 0 aliphatic carbocycles. The molecular formula is C20H24N2O3. The second kappa shape index (κ2) is 8.33. The monoisotopic (exact) mass is 340 g/mol. The molecule has 5 nitrogen and oxygen atoms in total. The van der Waals surface area contributed by atoms with Crippen LogP contribution < -0.4 is 15.4 Å². The second-order valence-electron chi connectivity index (χ2n) is 6.21. The number of para-hydroxylation sites is 1. The Kier molecular flexibility index (Phi) is 6.17. The van der Waals surface area contributed by atoms with Gasteiger partial charge in [0.15, 0.2) is 0 Å². The number of anilines is 2. The highest BCUT2D eigenvalue weighted by Crippen LogP contribution is 2.22. The summed E-state index contributed by atoms with van der Waals surface area (Å²) in [7, 11) is 1.59. The summed E-state index contributed by atoms with van der Waals surface area (Å²) in [5.74, 6) is 0.382. The predicted molar refractivity (Wildman–Crippen MR) is 100.0 cm³/mol. The van der Waals surface area contributed by atoms with Crippen molar-refractivity contribution in [2.75, 3.05) is 17.7 Å². The van der Waals surface area contributed by atoms with Gasteiger partial charge in [-0.25, -0.2) is 0 Å². The number of methoxy groups -OCH3 is 1. The van der Waals surface area contributed by atoms with E-state index in [4.69, 9.17) is 4.74 Å². The van der Waals surface area contributed by atoms with Crippen LogP contribution in [-0.2, 0) is 16.0 Å². The van der Waals surface area contributed by atoms with E-state index in [1.807, 2.05) is 57.2 Å². The lowest BCUT2D eigenvalue weighted by Gasteiger charge is -2.13. The Morgan fingerprint density at radius 3 is 2.48 bits per heavy atom. The Bertz CT molecular complexity index is 769. The maximum atomic E-state index is 12.4. The molecule has 0 saturated carbocycles. The molecule has 0 heterocycles. The molecule has 2 rings (SSSR count). The molecule has 25 heavy (non-hydrogen) atoms. The normalized spacial score (nSPS) is 10.4. The van der Waals surface area contributed by atoms with Crippen LogP contribution in [0.1, 0.15) is 25.0 Å². The third-order valence-corrected chi connectivity index (χ3v) is 3.85. The van der Waals surface area contributed by atoms with Crippen molar-refractivity contribution in [3.8, 4) is 5.75 Å². The van der Waals surface area contributed by atoms with Crippen molar-refractivity contribution in [3.05, 3.63) is 53.6 Å². The van der Waals surface area contributed by atoms with E-state index < -0.39 is 0 Å². The van der Waals surface area contributed by atoms with E-state index in [2.05, 4.69) is 10.6 Å². The molecule has 132 valence electrons. The van der Waals surface area contributed by atoms with Crippen molar-refractivity contribution in [1.82, 2.24) is 0 Å². The lowest BCUT2D eigenvalue weighted by atomic mass is 10.1. The summed E-state index contributed by atoms with van der Waals surface area (Å²) in [5.41, 5.74) is 3.10. The number of rotatable bonds is 6. The van der Waals surface area contributed by atoms with Crippen LogP contribution in [0, 0.1) is 12.8 Å². The van der Waals surface area contributed by atoms with Crippen LogP contribution in [-0.4, -0.2) is 18.9 Å². The Labute approximate surface area is 148 Å². The fraction of sp³-hybridized carbons (Fsp3) is 0.300. The molecule has 2 N–H and O–H groups in total. The number of nitrogens with one attached hydrogen (secondary N) is 2. The molecular weight excluding hydrogens is 316 g/mol. The van der Waals surface area contributed by atoms with Gasteiger partial charge in [-0.05, 0) is 30.7 Å². The molecule has 0 atom stereocenters. The van der Waals surface area contributed by atoms with Crippen LogP contribution >= 0.6 is 0 Å². The van der Waals surface area contributed by atoms with Gasteiger partial charge >= 0.3 is 0 Å². The Morgan fingerprint density at radius 1 is 1.08 bits per heavy atom. The molecule has 2 aromatic rings. The minimum atomic E-state index is -0.139. The van der Waals surface area contributed by atoms with Crippen LogP contribution in [0.15, 0.2) is 42.5 Å². The van der Waals surface area contributed by atoms with Gasteiger partial charge < -0.3 is 15.4 Å². The highest BCUT2D eigenvalue weighted by molar-refractivity contribution is 5.96. The molecule has 0 saturated heterocycles. The van der Waals surface area contributed by atoms with Crippen LogP contribution in [0.3, 0.4) is 0 Å². The topological polar surface area (TPSA) is 67.4 Å². The lowest BCUT2D eigenvalue weighted by molar-refractivity contribution is -0.119. The number of aryl methyl sites for hydroxylation is 1. The van der Waals surface area contributed by atoms with Gasteiger partial charge in [0.2, 0.25) is 11.8 Å². The number of carbonyl (C=O) groups excluding carboxylic acids is 2. The molecule has 5 heteroatoms. The van der Waals surface area contributed by atoms with E-state index in [-0.39, 0.29) is 24.2 Å². The zero-order valence-electron chi connectivity index (χ0n) is 15.1. The molecule has 0 radical (unpaired) electrons. The number of hydrogen-bond acceptors (Lipinski definition) is 3. The summed E-state index contributed by atoms with van der Waals surface area (Å²) in [4.78, 5) is 24.2. The predicted octanol–water partition coefficient (Wildman–Crippen LogP) is 3.78. The van der Waals surface area contributed by atoms with Gasteiger partial charge in [-0.15, -0.1) is 0 Å². The van der Waals surface area contributed by atoms with E-state index in [1.165, 1.54) is 0 Å². The molecule has 0 bridgehead atoms. The second-order valence-corrected chi connectivity index (χ2v) is 6.21. The smallest absolute Gasteiger partial charge is 0.228 e. The summed E-state index contributed by atoms with van der Waals surface area (Å²) in [5, 5.41) is 5.75. The Hall–Kier alpha value is -2.82. The van der Waals surface area contributed by atoms with Crippen molar-refractivity contribution < 1.29 is 14.3 Å². The molecule has 0 unspecified atom stereocenters. The average Bonchev–Trinajstić information content (AvgIpc) is 2.58. The van der Waals surface area contributed by atoms with E-state index in [0.29, 0.717) is 17.1 Å². The summed E-state index contributed by atoms with van der Waals surface area (Å²) < 4.78 is 5.28. The van der Waals surface area contributed by atoms with Gasteiger partial charge in [-0.2, -0.15) is 0 Å². The number of benzene rings is 2. The largest absolute Gasteiger partial charge is 0.496 e. The molecule has 0 aromatic heterocycles. The summed E-state index contributed by atoms with van der Waals surface area (Å²) >= 11 is 0. The molecule has 2 amide bonds. The van der Waals surface area contributed by atoms with E-state index in [1.54, 1.807) is 13.2 Å². The van der Waals surface area contributed by atoms with Gasteiger partial charge in [-0.3, -0.25) is 9.59 Å². The van der Waals surface area contributed by atoms with Crippen molar-refractivity contribution in [2.45, 2.75) is 27.2 Å². The fourth-order valence-electron chi connectivity index (χ4n) is 2.34. The lowest BCUT2D eigenvalue weighted by Crippen LogP contribution is -2.19. The third-order valence-electron chi connectivity index (χ3n) is 3.85. The number of hydrogen-bond donors (Lipinski definition) is 2. The average molecular weight is 340 g/mol. The van der Waals surface area contributed by atoms with Crippen molar-refractivity contribution in [1.29, 1.82) is 0 Å². The van der Waals surface area contributed by atoms with Gasteiger partial charge in [0.25, 0.3) is 0 Å². The summed E-state index contributed by atoms with van der Waals surface area (Å²) in [6, 6.07) is 12.9. The van der Waals surface area contributed by atoms with Crippen LogP contribution in [0.25, 0.3) is 0 Å². The van der Waals surface area contributed by atoms with Crippen LogP contribution in [0.2, 0.25) is 0 Å². The number of amides is 2. The van der Waals surface area contributed by atoms with Gasteiger partial charge in [-0.1, -0.05) is 38.1 Å². The molecule has 0 aliphatic heterocycles. The van der Waals surface area contributed by atoms with E-state index in [9.17, 15) is 9.59 Å². The first kappa shape index (κ1) is 18.5. The van der Waals surface area contributed by atoms with Crippen molar-refractivity contribution in [2.24, 2.45) is 5.92 Å².